The van der Waals surface area contributed by atoms with Gasteiger partial charge in [-0.2, -0.15) is 0 Å². The molecule has 1 aromatic rings. The smallest absolute Gasteiger partial charge is 0.137 e. The second kappa shape index (κ2) is 5.66. The van der Waals surface area contributed by atoms with Crippen molar-refractivity contribution in [1.29, 1.82) is 0 Å². The minimum Gasteiger partial charge on any atom is -0.366 e. The Morgan fingerprint density at radius 3 is 2.68 bits per heavy atom. The van der Waals surface area contributed by atoms with E-state index in [1.807, 2.05) is 6.92 Å². The van der Waals surface area contributed by atoms with Crippen LogP contribution < -0.4 is 5.32 Å². The number of hydrogen-bond donors (Lipinski definition) is 1. The normalized spacial score (nSPS) is 22.3. The van der Waals surface area contributed by atoms with Crippen LogP contribution in [0.25, 0.3) is 0 Å². The van der Waals surface area contributed by atoms with Crippen LogP contribution in [0.15, 0.2) is 0 Å². The first-order valence-corrected chi connectivity index (χ1v) is 7.61. The highest BCUT2D eigenvalue weighted by atomic mass is 35.5. The van der Waals surface area contributed by atoms with Crippen LogP contribution in [0.2, 0.25) is 5.15 Å². The molecule has 1 aliphatic carbocycles. The molecule has 1 saturated carbocycles. The topological polar surface area (TPSA) is 37.8 Å². The van der Waals surface area contributed by atoms with Crippen LogP contribution in [0.4, 0.5) is 5.82 Å². The summed E-state index contributed by atoms with van der Waals surface area (Å²) in [5.41, 5.74) is 1.27. The Hall–Kier alpha value is -0.830. The first kappa shape index (κ1) is 14.6. The Labute approximate surface area is 121 Å². The molecule has 1 heterocycles. The van der Waals surface area contributed by atoms with Gasteiger partial charge in [-0.1, -0.05) is 45.2 Å². The highest BCUT2D eigenvalue weighted by molar-refractivity contribution is 6.30. The summed E-state index contributed by atoms with van der Waals surface area (Å²) in [4.78, 5) is 8.90. The summed E-state index contributed by atoms with van der Waals surface area (Å²) >= 11 is 6.20. The van der Waals surface area contributed by atoms with Crippen LogP contribution in [-0.2, 0) is 6.42 Å². The van der Waals surface area contributed by atoms with Gasteiger partial charge in [0.2, 0.25) is 0 Å². The summed E-state index contributed by atoms with van der Waals surface area (Å²) in [6, 6.07) is 0.468. The van der Waals surface area contributed by atoms with E-state index in [1.165, 1.54) is 25.7 Å². The molecule has 0 bridgehead atoms. The largest absolute Gasteiger partial charge is 0.366 e. The van der Waals surface area contributed by atoms with Gasteiger partial charge in [0.25, 0.3) is 0 Å². The molecule has 4 heteroatoms. The summed E-state index contributed by atoms with van der Waals surface area (Å²) in [5.74, 6) is 1.73. The van der Waals surface area contributed by atoms with E-state index < -0.39 is 0 Å². The van der Waals surface area contributed by atoms with Gasteiger partial charge in [0.05, 0.1) is 0 Å². The van der Waals surface area contributed by atoms with Gasteiger partial charge in [-0.05, 0) is 25.2 Å². The molecule has 1 atom stereocenters. The minimum absolute atomic E-state index is 0.314. The number of rotatable bonds is 3. The van der Waals surface area contributed by atoms with Crippen molar-refractivity contribution in [3.63, 3.8) is 0 Å². The third-order valence-corrected chi connectivity index (χ3v) is 4.64. The van der Waals surface area contributed by atoms with Crippen LogP contribution in [0.5, 0.6) is 0 Å². The molecule has 0 aromatic carbocycles. The Morgan fingerprint density at radius 2 is 2.05 bits per heavy atom. The molecule has 19 heavy (non-hydrogen) atoms. The summed E-state index contributed by atoms with van der Waals surface area (Å²) in [7, 11) is 0. The third-order valence-electron chi connectivity index (χ3n) is 4.27. The quantitative estimate of drug-likeness (QED) is 0.836. The lowest BCUT2D eigenvalue weighted by atomic mass is 9.73. The van der Waals surface area contributed by atoms with Crippen molar-refractivity contribution >= 4 is 17.4 Å². The van der Waals surface area contributed by atoms with E-state index in [9.17, 15) is 0 Å². The van der Waals surface area contributed by atoms with Gasteiger partial charge in [-0.15, -0.1) is 0 Å². The predicted molar refractivity (Wildman–Crippen MR) is 80.8 cm³/mol. The Balaban J connectivity index is 2.25. The van der Waals surface area contributed by atoms with Gasteiger partial charge in [-0.25, -0.2) is 9.97 Å². The number of aromatic nitrogens is 2. The van der Waals surface area contributed by atoms with E-state index >= 15 is 0 Å². The van der Waals surface area contributed by atoms with Crippen LogP contribution >= 0.6 is 11.6 Å². The molecule has 3 nitrogen and oxygen atoms in total. The van der Waals surface area contributed by atoms with Crippen LogP contribution in [0.1, 0.15) is 57.8 Å². The van der Waals surface area contributed by atoms with Gasteiger partial charge in [0.1, 0.15) is 16.8 Å². The zero-order chi connectivity index (χ0) is 14.0. The standard InChI is InChI=1S/C15H24ClN3/c1-5-12-18-13(16)10(2)14(19-12)17-11-8-6-7-9-15(11,3)4/h11H,5-9H2,1-4H3,(H,17,18,19). The molecular formula is C15H24ClN3. The summed E-state index contributed by atoms with van der Waals surface area (Å²) in [6.07, 6.45) is 5.90. The molecule has 0 amide bonds. The maximum atomic E-state index is 6.20. The van der Waals surface area contributed by atoms with E-state index in [-0.39, 0.29) is 0 Å². The molecule has 106 valence electrons. The van der Waals surface area contributed by atoms with E-state index in [0.29, 0.717) is 16.6 Å². The number of nitrogens with one attached hydrogen (secondary N) is 1. The van der Waals surface area contributed by atoms with Crippen molar-refractivity contribution in [2.24, 2.45) is 5.41 Å². The van der Waals surface area contributed by atoms with E-state index in [4.69, 9.17) is 11.6 Å². The lowest BCUT2D eigenvalue weighted by Gasteiger charge is -2.39. The zero-order valence-corrected chi connectivity index (χ0v) is 13.1. The number of hydrogen-bond acceptors (Lipinski definition) is 3. The van der Waals surface area contributed by atoms with E-state index in [1.54, 1.807) is 0 Å². The number of aryl methyl sites for hydroxylation is 1. The molecule has 1 unspecified atom stereocenters. The van der Waals surface area contributed by atoms with Gasteiger partial charge < -0.3 is 5.32 Å². The van der Waals surface area contributed by atoms with E-state index in [2.05, 4.69) is 36.1 Å². The zero-order valence-electron chi connectivity index (χ0n) is 12.4. The maximum Gasteiger partial charge on any atom is 0.137 e. The van der Waals surface area contributed by atoms with Crippen molar-refractivity contribution in [3.05, 3.63) is 16.5 Å². The second-order valence-corrected chi connectivity index (χ2v) is 6.55. The SMILES string of the molecule is CCc1nc(Cl)c(C)c(NC2CCCCC2(C)C)n1. The van der Waals surface area contributed by atoms with Crippen molar-refractivity contribution in [2.45, 2.75) is 65.8 Å². The summed E-state index contributed by atoms with van der Waals surface area (Å²) in [5, 5.41) is 4.19. The third kappa shape index (κ3) is 3.19. The van der Waals surface area contributed by atoms with Crippen molar-refractivity contribution in [1.82, 2.24) is 9.97 Å². The molecule has 0 spiro atoms. The van der Waals surface area contributed by atoms with Crippen LogP contribution in [0.3, 0.4) is 0 Å². The Bertz CT molecular complexity index is 457. The fourth-order valence-corrected chi connectivity index (χ4v) is 2.95. The fraction of sp³-hybridized carbons (Fsp3) is 0.733. The maximum absolute atomic E-state index is 6.20. The molecule has 1 N–H and O–H groups in total. The molecule has 0 radical (unpaired) electrons. The summed E-state index contributed by atoms with van der Waals surface area (Å²) < 4.78 is 0. The van der Waals surface area contributed by atoms with Crippen molar-refractivity contribution < 1.29 is 0 Å². The molecule has 0 aliphatic heterocycles. The van der Waals surface area contributed by atoms with E-state index in [0.717, 1.165) is 23.6 Å². The first-order chi connectivity index (χ1) is 8.94. The lowest BCUT2D eigenvalue weighted by Crippen LogP contribution is -2.39. The fourth-order valence-electron chi connectivity index (χ4n) is 2.76. The monoisotopic (exact) mass is 281 g/mol. The van der Waals surface area contributed by atoms with Gasteiger partial charge in [0.15, 0.2) is 0 Å². The molecule has 2 rings (SSSR count). The average molecular weight is 282 g/mol. The number of halogens is 1. The van der Waals surface area contributed by atoms with Gasteiger partial charge >= 0.3 is 0 Å². The van der Waals surface area contributed by atoms with Crippen molar-refractivity contribution in [2.75, 3.05) is 5.32 Å². The van der Waals surface area contributed by atoms with Gasteiger partial charge in [-0.3, -0.25) is 0 Å². The van der Waals surface area contributed by atoms with Crippen LogP contribution in [0, 0.1) is 12.3 Å². The minimum atomic E-state index is 0.314. The molecule has 1 aliphatic rings. The molecule has 1 aromatic heterocycles. The predicted octanol–water partition coefficient (Wildman–Crippen LogP) is 4.38. The average Bonchev–Trinajstić information content (AvgIpc) is 2.36. The summed E-state index contributed by atoms with van der Waals surface area (Å²) in [6.45, 7) is 8.71. The van der Waals surface area contributed by atoms with Gasteiger partial charge in [0, 0.05) is 18.0 Å². The van der Waals surface area contributed by atoms with Crippen molar-refractivity contribution in [3.8, 4) is 0 Å². The highest BCUT2D eigenvalue weighted by Crippen LogP contribution is 2.37. The van der Waals surface area contributed by atoms with Crippen LogP contribution in [-0.4, -0.2) is 16.0 Å². The Kier molecular flexibility index (Phi) is 4.34. The molecular weight excluding hydrogens is 258 g/mol. The second-order valence-electron chi connectivity index (χ2n) is 6.19. The first-order valence-electron chi connectivity index (χ1n) is 7.23. The number of nitrogens with zero attached hydrogens (tertiary/aromatic N) is 2. The molecule has 1 fully saturated rings. The number of anilines is 1. The highest BCUT2D eigenvalue weighted by Gasteiger charge is 2.32. The lowest BCUT2D eigenvalue weighted by molar-refractivity contribution is 0.216. The Morgan fingerprint density at radius 1 is 1.32 bits per heavy atom. The molecule has 0 saturated heterocycles.